The molecule has 0 aliphatic carbocycles. The van der Waals surface area contributed by atoms with Crippen LogP contribution in [0.2, 0.25) is 0 Å². The first kappa shape index (κ1) is 17.7. The lowest BCUT2D eigenvalue weighted by molar-refractivity contribution is -0.153. The van der Waals surface area contributed by atoms with Gasteiger partial charge in [-0.3, -0.25) is 4.79 Å². The second kappa shape index (κ2) is 7.72. The Morgan fingerprint density at radius 2 is 1.79 bits per heavy atom. The maximum Gasteiger partial charge on any atom is 0.422 e. The fourth-order valence-corrected chi connectivity index (χ4v) is 1.92. The summed E-state index contributed by atoms with van der Waals surface area (Å²) in [6.45, 7) is -1.09. The molecule has 0 aliphatic rings. The third kappa shape index (κ3) is 5.49. The van der Waals surface area contributed by atoms with E-state index in [-0.39, 0.29) is 18.2 Å². The van der Waals surface area contributed by atoms with Crippen LogP contribution >= 0.6 is 0 Å². The van der Waals surface area contributed by atoms with Crippen LogP contribution in [0.1, 0.15) is 15.9 Å². The molecule has 0 spiro atoms. The quantitative estimate of drug-likeness (QED) is 0.875. The van der Waals surface area contributed by atoms with Gasteiger partial charge in [0.15, 0.2) is 6.61 Å². The van der Waals surface area contributed by atoms with Crippen LogP contribution in [0.5, 0.6) is 11.5 Å². The molecule has 0 radical (unpaired) electrons. The van der Waals surface area contributed by atoms with Gasteiger partial charge in [0.05, 0.1) is 7.11 Å². The molecule has 0 fully saturated rings. The molecule has 0 saturated heterocycles. The Hall–Kier alpha value is -2.70. The van der Waals surface area contributed by atoms with Crippen LogP contribution in [0.25, 0.3) is 0 Å². The molecular formula is C17H16F3NO3. The van der Waals surface area contributed by atoms with E-state index < -0.39 is 12.8 Å². The zero-order valence-corrected chi connectivity index (χ0v) is 12.9. The number of carbonyl (C=O) groups excluding carboxylic acids is 1. The Morgan fingerprint density at radius 3 is 2.42 bits per heavy atom. The molecule has 1 N–H and O–H groups in total. The summed E-state index contributed by atoms with van der Waals surface area (Å²) in [4.78, 5) is 12.0. The van der Waals surface area contributed by atoms with E-state index in [9.17, 15) is 18.0 Å². The van der Waals surface area contributed by atoms with Crippen molar-refractivity contribution >= 4 is 5.91 Å². The topological polar surface area (TPSA) is 47.6 Å². The molecule has 0 unspecified atom stereocenters. The molecule has 128 valence electrons. The summed E-state index contributed by atoms with van der Waals surface area (Å²) in [5, 5.41) is 2.73. The third-order valence-electron chi connectivity index (χ3n) is 3.11. The van der Waals surface area contributed by atoms with Gasteiger partial charge in [-0.1, -0.05) is 18.2 Å². The molecule has 0 aromatic heterocycles. The van der Waals surface area contributed by atoms with E-state index in [2.05, 4.69) is 10.1 Å². The molecule has 0 aliphatic heterocycles. The van der Waals surface area contributed by atoms with E-state index in [0.29, 0.717) is 11.3 Å². The smallest absolute Gasteiger partial charge is 0.422 e. The Kier molecular flexibility index (Phi) is 5.68. The van der Waals surface area contributed by atoms with Crippen molar-refractivity contribution in [3.8, 4) is 11.5 Å². The monoisotopic (exact) mass is 339 g/mol. The highest BCUT2D eigenvalue weighted by Crippen LogP contribution is 2.19. The number of hydrogen-bond donors (Lipinski definition) is 1. The Bertz CT molecular complexity index is 684. The van der Waals surface area contributed by atoms with Gasteiger partial charge >= 0.3 is 6.18 Å². The summed E-state index contributed by atoms with van der Waals surface area (Å²) in [6.07, 6.45) is -4.37. The first-order valence-electron chi connectivity index (χ1n) is 7.08. The summed E-state index contributed by atoms with van der Waals surface area (Å²) in [5.74, 6) is 0.426. The predicted octanol–water partition coefficient (Wildman–Crippen LogP) is 3.57. The standard InChI is InChI=1S/C17H16F3NO3/c1-23-15-4-2-3-13(9-15)16(22)21-10-12-5-7-14(8-6-12)24-11-17(18,19)20/h2-9H,10-11H2,1H3,(H,21,22). The summed E-state index contributed by atoms with van der Waals surface area (Å²) in [7, 11) is 1.51. The molecular weight excluding hydrogens is 323 g/mol. The summed E-state index contributed by atoms with van der Waals surface area (Å²) >= 11 is 0. The van der Waals surface area contributed by atoms with E-state index in [1.54, 1.807) is 36.4 Å². The van der Waals surface area contributed by atoms with Gasteiger partial charge in [0.25, 0.3) is 5.91 Å². The summed E-state index contributed by atoms with van der Waals surface area (Å²) in [5.41, 5.74) is 1.20. The third-order valence-corrected chi connectivity index (χ3v) is 3.11. The molecule has 2 rings (SSSR count). The van der Waals surface area contributed by atoms with E-state index >= 15 is 0 Å². The van der Waals surface area contributed by atoms with Crippen molar-refractivity contribution in [3.05, 3.63) is 59.7 Å². The molecule has 24 heavy (non-hydrogen) atoms. The molecule has 0 saturated carbocycles. The van der Waals surface area contributed by atoms with Crippen LogP contribution < -0.4 is 14.8 Å². The number of carbonyl (C=O) groups is 1. The maximum atomic E-state index is 12.1. The SMILES string of the molecule is COc1cccc(C(=O)NCc2ccc(OCC(F)(F)F)cc2)c1. The van der Waals surface area contributed by atoms with Crippen molar-refractivity contribution in [2.75, 3.05) is 13.7 Å². The lowest BCUT2D eigenvalue weighted by Crippen LogP contribution is -2.22. The first-order valence-corrected chi connectivity index (χ1v) is 7.08. The van der Waals surface area contributed by atoms with Gasteiger partial charge in [0.1, 0.15) is 11.5 Å². The fraction of sp³-hybridized carbons (Fsp3) is 0.235. The molecule has 0 bridgehead atoms. The Balaban J connectivity index is 1.88. The van der Waals surface area contributed by atoms with E-state index in [1.807, 2.05) is 0 Å². The van der Waals surface area contributed by atoms with Crippen LogP contribution in [0.3, 0.4) is 0 Å². The van der Waals surface area contributed by atoms with Gasteiger partial charge in [0, 0.05) is 12.1 Å². The van der Waals surface area contributed by atoms with Crippen molar-refractivity contribution in [2.24, 2.45) is 0 Å². The number of amides is 1. The van der Waals surface area contributed by atoms with Gasteiger partial charge < -0.3 is 14.8 Å². The van der Waals surface area contributed by atoms with Crippen LogP contribution in [0.15, 0.2) is 48.5 Å². The van der Waals surface area contributed by atoms with Gasteiger partial charge in [-0.15, -0.1) is 0 Å². The normalized spacial score (nSPS) is 11.0. The van der Waals surface area contributed by atoms with Gasteiger partial charge in [-0.2, -0.15) is 13.2 Å². The number of rotatable bonds is 6. The maximum absolute atomic E-state index is 12.1. The molecule has 0 atom stereocenters. The minimum absolute atomic E-state index is 0.121. The highest BCUT2D eigenvalue weighted by Gasteiger charge is 2.28. The lowest BCUT2D eigenvalue weighted by atomic mass is 10.2. The lowest BCUT2D eigenvalue weighted by Gasteiger charge is -2.10. The van der Waals surface area contributed by atoms with E-state index in [1.165, 1.54) is 19.2 Å². The Labute approximate surface area is 137 Å². The number of benzene rings is 2. The zero-order valence-electron chi connectivity index (χ0n) is 12.9. The minimum Gasteiger partial charge on any atom is -0.497 e. The molecule has 0 heterocycles. The number of methoxy groups -OCH3 is 1. The number of alkyl halides is 3. The first-order chi connectivity index (χ1) is 11.4. The molecule has 1 amide bonds. The highest BCUT2D eigenvalue weighted by molar-refractivity contribution is 5.94. The highest BCUT2D eigenvalue weighted by atomic mass is 19.4. The molecule has 2 aromatic rings. The number of hydrogen-bond acceptors (Lipinski definition) is 3. The summed E-state index contributed by atoms with van der Waals surface area (Å²) < 4.78 is 45.9. The molecule has 2 aromatic carbocycles. The number of halogens is 3. The average Bonchev–Trinajstić information content (AvgIpc) is 2.58. The van der Waals surface area contributed by atoms with Crippen LogP contribution in [0, 0.1) is 0 Å². The number of ether oxygens (including phenoxy) is 2. The molecule has 4 nitrogen and oxygen atoms in total. The second-order valence-electron chi connectivity index (χ2n) is 4.96. The summed E-state index contributed by atoms with van der Waals surface area (Å²) in [6, 6.07) is 12.8. The van der Waals surface area contributed by atoms with Gasteiger partial charge in [-0.05, 0) is 35.9 Å². The van der Waals surface area contributed by atoms with Crippen molar-refractivity contribution in [1.29, 1.82) is 0 Å². The average molecular weight is 339 g/mol. The van der Waals surface area contributed by atoms with Crippen molar-refractivity contribution in [2.45, 2.75) is 12.7 Å². The van der Waals surface area contributed by atoms with Crippen molar-refractivity contribution < 1.29 is 27.4 Å². The van der Waals surface area contributed by atoms with Crippen LogP contribution in [-0.4, -0.2) is 25.8 Å². The van der Waals surface area contributed by atoms with Gasteiger partial charge in [-0.25, -0.2) is 0 Å². The largest absolute Gasteiger partial charge is 0.497 e. The van der Waals surface area contributed by atoms with E-state index in [0.717, 1.165) is 5.56 Å². The van der Waals surface area contributed by atoms with Crippen molar-refractivity contribution in [3.63, 3.8) is 0 Å². The fourth-order valence-electron chi connectivity index (χ4n) is 1.92. The number of nitrogens with one attached hydrogen (secondary N) is 1. The van der Waals surface area contributed by atoms with Gasteiger partial charge in [0.2, 0.25) is 0 Å². The van der Waals surface area contributed by atoms with Crippen LogP contribution in [0.4, 0.5) is 13.2 Å². The van der Waals surface area contributed by atoms with E-state index in [4.69, 9.17) is 4.74 Å². The van der Waals surface area contributed by atoms with Crippen molar-refractivity contribution in [1.82, 2.24) is 5.32 Å². The Morgan fingerprint density at radius 1 is 1.08 bits per heavy atom. The minimum atomic E-state index is -4.37. The van der Waals surface area contributed by atoms with Crippen LogP contribution in [-0.2, 0) is 6.54 Å². The zero-order chi connectivity index (χ0) is 17.6. The second-order valence-corrected chi connectivity index (χ2v) is 4.96. The molecule has 7 heteroatoms. The predicted molar refractivity (Wildman–Crippen MR) is 82.2 cm³/mol.